The van der Waals surface area contributed by atoms with Crippen LogP contribution in [-0.2, 0) is 10.3 Å². The van der Waals surface area contributed by atoms with E-state index in [4.69, 9.17) is 10.5 Å². The summed E-state index contributed by atoms with van der Waals surface area (Å²) in [6, 6.07) is 9.02. The second-order valence-corrected chi connectivity index (χ2v) is 5.90. The van der Waals surface area contributed by atoms with Gasteiger partial charge in [-0.2, -0.15) is 0 Å². The summed E-state index contributed by atoms with van der Waals surface area (Å²) in [4.78, 5) is 0. The van der Waals surface area contributed by atoms with Crippen molar-refractivity contribution in [2.45, 2.75) is 50.0 Å². The van der Waals surface area contributed by atoms with Gasteiger partial charge in [0.1, 0.15) is 0 Å². The van der Waals surface area contributed by atoms with Gasteiger partial charge >= 0.3 is 0 Å². The van der Waals surface area contributed by atoms with Crippen LogP contribution in [0.3, 0.4) is 0 Å². The second kappa shape index (κ2) is 5.02. The molecule has 2 heteroatoms. The summed E-state index contributed by atoms with van der Waals surface area (Å²) in [6.45, 7) is 1.79. The van der Waals surface area contributed by atoms with Crippen molar-refractivity contribution in [3.05, 3.63) is 35.4 Å². The van der Waals surface area contributed by atoms with Crippen molar-refractivity contribution in [3.63, 3.8) is 0 Å². The van der Waals surface area contributed by atoms with Gasteiger partial charge in [-0.3, -0.25) is 0 Å². The lowest BCUT2D eigenvalue weighted by Crippen LogP contribution is -2.38. The smallest absolute Gasteiger partial charge is 0.0535 e. The molecule has 18 heavy (non-hydrogen) atoms. The lowest BCUT2D eigenvalue weighted by molar-refractivity contribution is 0.194. The topological polar surface area (TPSA) is 35.2 Å². The molecule has 1 unspecified atom stereocenters. The van der Waals surface area contributed by atoms with Gasteiger partial charge in [-0.1, -0.05) is 43.5 Å². The molecule has 1 saturated carbocycles. The predicted octanol–water partition coefficient (Wildman–Crippen LogP) is 3.31. The van der Waals surface area contributed by atoms with Gasteiger partial charge in [-0.05, 0) is 30.4 Å². The molecule has 1 aromatic carbocycles. The molecule has 2 N–H and O–H groups in total. The van der Waals surface area contributed by atoms with Gasteiger partial charge in [0.2, 0.25) is 0 Å². The van der Waals surface area contributed by atoms with Crippen molar-refractivity contribution in [2.24, 2.45) is 5.73 Å². The molecule has 0 radical (unpaired) electrons. The van der Waals surface area contributed by atoms with Crippen LogP contribution in [0.2, 0.25) is 0 Å². The first kappa shape index (κ1) is 12.2. The van der Waals surface area contributed by atoms with Crippen molar-refractivity contribution >= 4 is 0 Å². The van der Waals surface area contributed by atoms with Gasteiger partial charge < -0.3 is 10.5 Å². The Kier molecular flexibility index (Phi) is 3.40. The molecule has 1 aliphatic heterocycles. The average Bonchev–Trinajstić information content (AvgIpc) is 2.94. The summed E-state index contributed by atoms with van der Waals surface area (Å²) in [5.41, 5.74) is 9.23. The van der Waals surface area contributed by atoms with Gasteiger partial charge in [0.15, 0.2) is 0 Å². The van der Waals surface area contributed by atoms with E-state index in [0.29, 0.717) is 5.92 Å². The Morgan fingerprint density at radius 3 is 2.39 bits per heavy atom. The third kappa shape index (κ3) is 2.32. The van der Waals surface area contributed by atoms with Crippen LogP contribution in [0.15, 0.2) is 24.3 Å². The standard InChI is InChI=1S/C16H23NO/c17-16(9-2-1-3-10-16)15-6-4-13(5-7-15)14-8-11-18-12-14/h4-7,14H,1-3,8-12,17H2. The molecule has 2 aliphatic rings. The third-order valence-electron chi connectivity index (χ3n) is 4.63. The normalized spacial score (nSPS) is 27.3. The van der Waals surface area contributed by atoms with E-state index in [9.17, 15) is 0 Å². The van der Waals surface area contributed by atoms with Crippen molar-refractivity contribution in [1.29, 1.82) is 0 Å². The molecule has 1 heterocycles. The van der Waals surface area contributed by atoms with Crippen LogP contribution in [-0.4, -0.2) is 13.2 Å². The minimum Gasteiger partial charge on any atom is -0.381 e. The first-order valence-electron chi connectivity index (χ1n) is 7.25. The largest absolute Gasteiger partial charge is 0.381 e. The maximum atomic E-state index is 6.56. The van der Waals surface area contributed by atoms with Gasteiger partial charge in [0.25, 0.3) is 0 Å². The Bertz CT molecular complexity index is 386. The fourth-order valence-corrected chi connectivity index (χ4v) is 3.36. The monoisotopic (exact) mass is 245 g/mol. The number of nitrogens with two attached hydrogens (primary N) is 1. The molecule has 1 aromatic rings. The number of rotatable bonds is 2. The quantitative estimate of drug-likeness (QED) is 0.867. The van der Waals surface area contributed by atoms with Crippen LogP contribution in [0.25, 0.3) is 0 Å². The molecule has 98 valence electrons. The molecule has 0 spiro atoms. The lowest BCUT2D eigenvalue weighted by Gasteiger charge is -2.34. The van der Waals surface area contributed by atoms with Crippen LogP contribution >= 0.6 is 0 Å². The highest BCUT2D eigenvalue weighted by Crippen LogP contribution is 2.35. The van der Waals surface area contributed by atoms with E-state index < -0.39 is 0 Å². The summed E-state index contributed by atoms with van der Waals surface area (Å²) in [7, 11) is 0. The zero-order valence-corrected chi connectivity index (χ0v) is 11.0. The van der Waals surface area contributed by atoms with Crippen LogP contribution in [0.4, 0.5) is 0 Å². The molecule has 1 atom stereocenters. The van der Waals surface area contributed by atoms with E-state index in [1.54, 1.807) is 0 Å². The number of ether oxygens (including phenoxy) is 1. The molecule has 2 fully saturated rings. The Morgan fingerprint density at radius 1 is 1.06 bits per heavy atom. The minimum atomic E-state index is -0.0665. The Morgan fingerprint density at radius 2 is 1.78 bits per heavy atom. The highest BCUT2D eigenvalue weighted by Gasteiger charge is 2.29. The lowest BCUT2D eigenvalue weighted by atomic mass is 9.77. The highest BCUT2D eigenvalue weighted by atomic mass is 16.5. The summed E-state index contributed by atoms with van der Waals surface area (Å²) in [6.07, 6.45) is 7.32. The van der Waals surface area contributed by atoms with E-state index in [0.717, 1.165) is 32.5 Å². The average molecular weight is 245 g/mol. The Hall–Kier alpha value is -0.860. The molecule has 2 nitrogen and oxygen atoms in total. The summed E-state index contributed by atoms with van der Waals surface area (Å²) in [5.74, 6) is 0.596. The minimum absolute atomic E-state index is 0.0665. The summed E-state index contributed by atoms with van der Waals surface area (Å²) in [5, 5.41) is 0. The Labute approximate surface area is 110 Å². The molecular weight excluding hydrogens is 222 g/mol. The molecule has 1 saturated heterocycles. The maximum absolute atomic E-state index is 6.56. The maximum Gasteiger partial charge on any atom is 0.0535 e. The van der Waals surface area contributed by atoms with E-state index in [1.165, 1.54) is 30.4 Å². The molecular formula is C16H23NO. The zero-order valence-electron chi connectivity index (χ0n) is 11.0. The number of benzene rings is 1. The predicted molar refractivity (Wildman–Crippen MR) is 73.6 cm³/mol. The summed E-state index contributed by atoms with van der Waals surface area (Å²) >= 11 is 0. The van der Waals surface area contributed by atoms with Gasteiger partial charge in [0, 0.05) is 18.1 Å². The van der Waals surface area contributed by atoms with Crippen LogP contribution in [0.1, 0.15) is 55.6 Å². The van der Waals surface area contributed by atoms with Gasteiger partial charge in [0.05, 0.1) is 6.61 Å². The van der Waals surface area contributed by atoms with Crippen molar-refractivity contribution in [1.82, 2.24) is 0 Å². The van der Waals surface area contributed by atoms with E-state index in [1.807, 2.05) is 0 Å². The zero-order chi connectivity index (χ0) is 12.4. The fourth-order valence-electron chi connectivity index (χ4n) is 3.36. The molecule has 0 aromatic heterocycles. The molecule has 3 rings (SSSR count). The van der Waals surface area contributed by atoms with Crippen molar-refractivity contribution < 1.29 is 4.74 Å². The van der Waals surface area contributed by atoms with Crippen LogP contribution in [0.5, 0.6) is 0 Å². The first-order valence-corrected chi connectivity index (χ1v) is 7.25. The van der Waals surface area contributed by atoms with Gasteiger partial charge in [-0.15, -0.1) is 0 Å². The first-order chi connectivity index (χ1) is 8.78. The number of hydrogen-bond donors (Lipinski definition) is 1. The SMILES string of the molecule is NC1(c2ccc(C3CCOC3)cc2)CCCCC1. The molecule has 0 amide bonds. The van der Waals surface area contributed by atoms with Crippen molar-refractivity contribution in [2.75, 3.05) is 13.2 Å². The number of hydrogen-bond acceptors (Lipinski definition) is 2. The van der Waals surface area contributed by atoms with Crippen molar-refractivity contribution in [3.8, 4) is 0 Å². The fraction of sp³-hybridized carbons (Fsp3) is 0.625. The van der Waals surface area contributed by atoms with Crippen LogP contribution in [0, 0.1) is 0 Å². The van der Waals surface area contributed by atoms with E-state index in [-0.39, 0.29) is 5.54 Å². The molecule has 1 aliphatic carbocycles. The molecule has 0 bridgehead atoms. The van der Waals surface area contributed by atoms with E-state index >= 15 is 0 Å². The van der Waals surface area contributed by atoms with E-state index in [2.05, 4.69) is 24.3 Å². The highest BCUT2D eigenvalue weighted by molar-refractivity contribution is 5.31. The third-order valence-corrected chi connectivity index (χ3v) is 4.63. The Balaban J connectivity index is 1.77. The second-order valence-electron chi connectivity index (χ2n) is 5.90. The summed E-state index contributed by atoms with van der Waals surface area (Å²) < 4.78 is 5.45. The van der Waals surface area contributed by atoms with Gasteiger partial charge in [-0.25, -0.2) is 0 Å². The van der Waals surface area contributed by atoms with Crippen LogP contribution < -0.4 is 5.73 Å².